The quantitative estimate of drug-likeness (QED) is 0.850. The molecule has 2 heterocycles. The van der Waals surface area contributed by atoms with E-state index in [0.29, 0.717) is 22.7 Å². The third-order valence-electron chi connectivity index (χ3n) is 2.85. The lowest BCUT2D eigenvalue weighted by molar-refractivity contribution is 0.0970. The third-order valence-corrected chi connectivity index (χ3v) is 6.30. The lowest BCUT2D eigenvalue weighted by Gasteiger charge is -2.20. The smallest absolute Gasteiger partial charge is 0.273 e. The summed E-state index contributed by atoms with van der Waals surface area (Å²) in [6, 6.07) is 7.78. The van der Waals surface area contributed by atoms with Crippen LogP contribution in [0.4, 0.5) is 0 Å². The molecule has 1 aliphatic heterocycles. The van der Waals surface area contributed by atoms with E-state index < -0.39 is 15.9 Å². The van der Waals surface area contributed by atoms with E-state index in [4.69, 9.17) is 9.47 Å². The molecule has 0 saturated heterocycles. The molecule has 0 unspecified atom stereocenters. The van der Waals surface area contributed by atoms with Crippen LogP contribution < -0.4 is 14.2 Å². The highest BCUT2D eigenvalue weighted by Gasteiger charge is 2.25. The van der Waals surface area contributed by atoms with E-state index in [9.17, 15) is 13.2 Å². The van der Waals surface area contributed by atoms with Gasteiger partial charge in [-0.15, -0.1) is 11.3 Å². The molecule has 0 fully saturated rings. The van der Waals surface area contributed by atoms with Gasteiger partial charge in [0.25, 0.3) is 15.9 Å². The number of sulfonamides is 1. The highest BCUT2D eigenvalue weighted by Crippen LogP contribution is 2.34. The molecule has 1 amide bonds. The first-order valence-corrected chi connectivity index (χ1v) is 9.28. The number of hydrogen-bond acceptors (Lipinski definition) is 6. The molecule has 1 aliphatic rings. The number of halogens is 1. The summed E-state index contributed by atoms with van der Waals surface area (Å²) in [7, 11) is -3.92. The fourth-order valence-corrected chi connectivity index (χ4v) is 4.90. The average molecular weight is 404 g/mol. The molecule has 0 saturated carbocycles. The van der Waals surface area contributed by atoms with Gasteiger partial charge in [0.2, 0.25) is 0 Å². The Bertz CT molecular complexity index is 831. The van der Waals surface area contributed by atoms with Crippen LogP contribution in [0.5, 0.6) is 11.5 Å². The van der Waals surface area contributed by atoms with Crippen LogP contribution in [0.3, 0.4) is 0 Å². The minimum atomic E-state index is -3.92. The Kier molecular flexibility index (Phi) is 4.11. The second-order valence-electron chi connectivity index (χ2n) is 4.32. The number of para-hydroxylation sites is 1. The van der Waals surface area contributed by atoms with E-state index in [2.05, 4.69) is 15.9 Å². The number of fused-ring (bicyclic) bond motifs is 1. The monoisotopic (exact) mass is 403 g/mol. The van der Waals surface area contributed by atoms with Crippen LogP contribution >= 0.6 is 27.3 Å². The zero-order chi connectivity index (χ0) is 15.7. The summed E-state index contributed by atoms with van der Waals surface area (Å²) in [6.07, 6.45) is 0. The van der Waals surface area contributed by atoms with E-state index in [1.54, 1.807) is 18.2 Å². The van der Waals surface area contributed by atoms with Crippen molar-refractivity contribution in [2.24, 2.45) is 0 Å². The Morgan fingerprint density at radius 3 is 2.68 bits per heavy atom. The first-order chi connectivity index (χ1) is 10.5. The molecule has 3 rings (SSSR count). The fourth-order valence-electron chi connectivity index (χ4n) is 1.92. The summed E-state index contributed by atoms with van der Waals surface area (Å²) in [5, 5.41) is 0. The number of nitrogens with one attached hydrogen (secondary N) is 1. The van der Waals surface area contributed by atoms with Crippen LogP contribution in [0, 0.1) is 0 Å². The van der Waals surface area contributed by atoms with Gasteiger partial charge < -0.3 is 9.47 Å². The van der Waals surface area contributed by atoms with Gasteiger partial charge in [0, 0.05) is 0 Å². The van der Waals surface area contributed by atoms with Crippen LogP contribution in [0.15, 0.2) is 38.3 Å². The zero-order valence-corrected chi connectivity index (χ0v) is 14.3. The Labute approximate surface area is 139 Å². The van der Waals surface area contributed by atoms with Gasteiger partial charge in [0.15, 0.2) is 11.5 Å². The number of rotatable bonds is 3. The van der Waals surface area contributed by atoms with Crippen LogP contribution in [0.2, 0.25) is 0 Å². The van der Waals surface area contributed by atoms with Gasteiger partial charge >= 0.3 is 0 Å². The fraction of sp³-hybridized carbons (Fsp3) is 0.154. The predicted octanol–water partition coefficient (Wildman–Crippen LogP) is 2.40. The largest absolute Gasteiger partial charge is 0.486 e. The number of hydrogen-bond donors (Lipinski definition) is 1. The van der Waals surface area contributed by atoms with E-state index in [0.717, 1.165) is 11.3 Å². The highest BCUT2D eigenvalue weighted by molar-refractivity contribution is 9.11. The van der Waals surface area contributed by atoms with Crippen LogP contribution in [-0.4, -0.2) is 27.5 Å². The minimum Gasteiger partial charge on any atom is -0.486 e. The molecule has 6 nitrogen and oxygen atoms in total. The van der Waals surface area contributed by atoms with Gasteiger partial charge in [-0.25, -0.2) is 13.1 Å². The lowest BCUT2D eigenvalue weighted by atomic mass is 10.1. The Hall–Kier alpha value is -1.58. The van der Waals surface area contributed by atoms with E-state index in [1.165, 1.54) is 12.1 Å². The number of amides is 1. The minimum absolute atomic E-state index is 0.0506. The number of carbonyl (C=O) groups is 1. The van der Waals surface area contributed by atoms with Crippen molar-refractivity contribution in [3.8, 4) is 11.5 Å². The number of benzene rings is 1. The maximum absolute atomic E-state index is 12.3. The van der Waals surface area contributed by atoms with Crippen molar-refractivity contribution in [1.29, 1.82) is 0 Å². The Balaban J connectivity index is 1.89. The molecule has 9 heteroatoms. The Morgan fingerprint density at radius 1 is 1.18 bits per heavy atom. The normalized spacial score (nSPS) is 13.7. The molecule has 22 heavy (non-hydrogen) atoms. The van der Waals surface area contributed by atoms with Crippen LogP contribution in [0.1, 0.15) is 10.4 Å². The molecule has 0 radical (unpaired) electrons. The molecular weight excluding hydrogens is 394 g/mol. The first-order valence-electron chi connectivity index (χ1n) is 6.18. The molecule has 2 aromatic rings. The second-order valence-corrected chi connectivity index (χ2v) is 8.70. The van der Waals surface area contributed by atoms with Crippen LogP contribution in [-0.2, 0) is 10.0 Å². The molecule has 0 atom stereocenters. The first kappa shape index (κ1) is 15.3. The van der Waals surface area contributed by atoms with Crippen molar-refractivity contribution in [1.82, 2.24) is 4.72 Å². The molecular formula is C13H10BrNO5S2. The average Bonchev–Trinajstić information content (AvgIpc) is 2.94. The van der Waals surface area contributed by atoms with Gasteiger partial charge in [0.05, 0.1) is 9.35 Å². The van der Waals surface area contributed by atoms with E-state index in [1.807, 2.05) is 4.72 Å². The second kappa shape index (κ2) is 5.90. The number of carbonyl (C=O) groups excluding carboxylic acids is 1. The molecule has 0 spiro atoms. The summed E-state index contributed by atoms with van der Waals surface area (Å²) >= 11 is 4.21. The summed E-state index contributed by atoms with van der Waals surface area (Å²) in [4.78, 5) is 12.3. The molecule has 1 aromatic heterocycles. The van der Waals surface area contributed by atoms with Crippen molar-refractivity contribution in [3.05, 3.63) is 39.7 Å². The SMILES string of the molecule is O=C(NS(=O)(=O)c1ccc(Br)s1)c1cccc2c1OCCO2. The van der Waals surface area contributed by atoms with Crippen molar-refractivity contribution in [2.45, 2.75) is 4.21 Å². The topological polar surface area (TPSA) is 81.7 Å². The Morgan fingerprint density at radius 2 is 1.95 bits per heavy atom. The standard InChI is InChI=1S/C13H10BrNO5S2/c14-10-4-5-11(21-10)22(17,18)15-13(16)8-2-1-3-9-12(8)20-7-6-19-9/h1-5H,6-7H2,(H,15,16). The maximum Gasteiger partial charge on any atom is 0.273 e. The summed E-state index contributed by atoms with van der Waals surface area (Å²) in [5.74, 6) is -0.0733. The molecule has 0 aliphatic carbocycles. The molecule has 116 valence electrons. The highest BCUT2D eigenvalue weighted by atomic mass is 79.9. The van der Waals surface area contributed by atoms with Gasteiger partial charge in [0.1, 0.15) is 17.4 Å². The number of ether oxygens (including phenoxy) is 2. The van der Waals surface area contributed by atoms with E-state index in [-0.39, 0.29) is 15.5 Å². The van der Waals surface area contributed by atoms with Gasteiger partial charge in [-0.2, -0.15) is 0 Å². The number of thiophene rings is 1. The van der Waals surface area contributed by atoms with Crippen molar-refractivity contribution < 1.29 is 22.7 Å². The summed E-state index contributed by atoms with van der Waals surface area (Å²) in [5.41, 5.74) is 0.122. The third kappa shape index (κ3) is 2.96. The predicted molar refractivity (Wildman–Crippen MR) is 84.1 cm³/mol. The van der Waals surface area contributed by atoms with Crippen molar-refractivity contribution >= 4 is 43.2 Å². The van der Waals surface area contributed by atoms with Gasteiger partial charge in [-0.05, 0) is 40.2 Å². The summed E-state index contributed by atoms with van der Waals surface area (Å²) < 4.78 is 37.9. The zero-order valence-electron chi connectivity index (χ0n) is 11.0. The molecule has 1 aromatic carbocycles. The van der Waals surface area contributed by atoms with Gasteiger partial charge in [-0.1, -0.05) is 6.07 Å². The molecule has 1 N–H and O–H groups in total. The maximum atomic E-state index is 12.3. The van der Waals surface area contributed by atoms with E-state index >= 15 is 0 Å². The van der Waals surface area contributed by atoms with Crippen LogP contribution in [0.25, 0.3) is 0 Å². The summed E-state index contributed by atoms with van der Waals surface area (Å²) in [6.45, 7) is 0.696. The lowest BCUT2D eigenvalue weighted by Crippen LogP contribution is -2.31. The molecule has 0 bridgehead atoms. The van der Waals surface area contributed by atoms with Crippen molar-refractivity contribution in [2.75, 3.05) is 13.2 Å². The van der Waals surface area contributed by atoms with Crippen molar-refractivity contribution in [3.63, 3.8) is 0 Å². The van der Waals surface area contributed by atoms with Gasteiger partial charge in [-0.3, -0.25) is 4.79 Å².